The van der Waals surface area contributed by atoms with Gasteiger partial charge in [0, 0.05) is 35.2 Å². The van der Waals surface area contributed by atoms with E-state index in [4.69, 9.17) is 18.6 Å². The van der Waals surface area contributed by atoms with Crippen molar-refractivity contribution >= 4 is 11.9 Å². The van der Waals surface area contributed by atoms with E-state index in [2.05, 4.69) is 34.6 Å². The average molecular weight is 503 g/mol. The summed E-state index contributed by atoms with van der Waals surface area (Å²) in [6, 6.07) is 1.82. The van der Waals surface area contributed by atoms with Crippen molar-refractivity contribution < 1.29 is 38.4 Å². The molecule has 2 saturated heterocycles. The quantitative estimate of drug-likeness (QED) is 0.466. The molecule has 8 nitrogen and oxygen atoms in total. The molecule has 5 aliphatic rings. The van der Waals surface area contributed by atoms with Gasteiger partial charge in [-0.3, -0.25) is 4.79 Å². The van der Waals surface area contributed by atoms with E-state index in [1.165, 1.54) is 6.92 Å². The Morgan fingerprint density at radius 2 is 1.78 bits per heavy atom. The van der Waals surface area contributed by atoms with Crippen molar-refractivity contribution in [3.05, 3.63) is 24.2 Å². The first-order valence-electron chi connectivity index (χ1n) is 13.2. The van der Waals surface area contributed by atoms with Crippen LogP contribution in [-0.2, 0) is 23.8 Å². The van der Waals surface area contributed by atoms with Crippen LogP contribution in [0.3, 0.4) is 0 Å². The highest BCUT2D eigenvalue weighted by Crippen LogP contribution is 2.80. The lowest BCUT2D eigenvalue weighted by molar-refractivity contribution is -0.295. The summed E-state index contributed by atoms with van der Waals surface area (Å²) in [6.45, 7) is 11.9. The van der Waals surface area contributed by atoms with Gasteiger partial charge in [-0.1, -0.05) is 34.6 Å². The summed E-state index contributed by atoms with van der Waals surface area (Å²) < 4.78 is 24.0. The highest BCUT2D eigenvalue weighted by atomic mass is 16.7. The van der Waals surface area contributed by atoms with Gasteiger partial charge in [0.2, 0.25) is 0 Å². The van der Waals surface area contributed by atoms with Gasteiger partial charge in [0.25, 0.3) is 0 Å². The molecule has 1 aromatic heterocycles. The summed E-state index contributed by atoms with van der Waals surface area (Å²) in [6.07, 6.45) is 2.15. The molecule has 1 aromatic rings. The zero-order valence-electron chi connectivity index (χ0n) is 21.9. The number of fused-ring (bicyclic) bond motifs is 3. The molecular weight excluding hydrogens is 464 g/mol. The summed E-state index contributed by atoms with van der Waals surface area (Å²) >= 11 is 0. The number of hydrogen-bond donors (Lipinski definition) is 2. The third-order valence-corrected chi connectivity index (χ3v) is 11.7. The van der Waals surface area contributed by atoms with Crippen LogP contribution in [0.2, 0.25) is 0 Å². The zero-order chi connectivity index (χ0) is 26.1. The van der Waals surface area contributed by atoms with E-state index in [0.717, 1.165) is 12.0 Å². The fourth-order valence-electron chi connectivity index (χ4n) is 9.83. The Kier molecular flexibility index (Phi) is 4.85. The molecule has 2 aliphatic heterocycles. The lowest BCUT2D eigenvalue weighted by Crippen LogP contribution is -2.75. The van der Waals surface area contributed by atoms with E-state index in [9.17, 15) is 19.8 Å². The van der Waals surface area contributed by atoms with Crippen LogP contribution in [0.4, 0.5) is 0 Å². The number of aliphatic hydroxyl groups is 2. The van der Waals surface area contributed by atoms with Crippen molar-refractivity contribution in [1.82, 2.24) is 0 Å². The predicted octanol–water partition coefficient (Wildman–Crippen LogP) is 3.55. The number of carbonyl (C=O) groups is 2. The topological polar surface area (TPSA) is 119 Å². The highest BCUT2D eigenvalue weighted by molar-refractivity contribution is 5.82. The Morgan fingerprint density at radius 3 is 2.42 bits per heavy atom. The standard InChI is InChI=1S/C28H38O8/c1-14(29)34-20-11-17-24(2,3)18(30)12-19(31)26(17,5)16-7-9-25(4)21(15-8-10-33-13-15)35-23(32)22-28(25,36-22)27(16,20)6/h8,10,13,16-22,30-31H,7,9,11-12H2,1-6H3/t16-,17+,18+,19-,20-,21+,22+,25-,26-,27+,28-/m1/s1. The van der Waals surface area contributed by atoms with E-state index in [0.29, 0.717) is 19.3 Å². The number of carbonyl (C=O) groups excluding carboxylic acids is 2. The summed E-state index contributed by atoms with van der Waals surface area (Å²) in [7, 11) is 0. The van der Waals surface area contributed by atoms with E-state index in [-0.39, 0.29) is 17.8 Å². The SMILES string of the molecule is CC(=O)O[C@@H]1C[C@H]2C(C)(C)[C@@H](O)C[C@@H](O)[C@]2(C)[C@H]2CC[C@]3(C)[C@H](c4ccoc4)OC(=O)[C@@H]4O[C@]43[C@@]21C. The summed E-state index contributed by atoms with van der Waals surface area (Å²) in [4.78, 5) is 25.7. The number of hydrogen-bond acceptors (Lipinski definition) is 8. The number of aliphatic hydroxyl groups excluding tert-OH is 2. The van der Waals surface area contributed by atoms with Crippen molar-refractivity contribution in [3.63, 3.8) is 0 Å². The molecule has 0 radical (unpaired) electrons. The number of furan rings is 1. The van der Waals surface area contributed by atoms with Gasteiger partial charge in [0.15, 0.2) is 6.10 Å². The fourth-order valence-corrected chi connectivity index (χ4v) is 9.83. The van der Waals surface area contributed by atoms with E-state index in [1.54, 1.807) is 12.5 Å². The molecule has 5 fully saturated rings. The molecule has 8 heteroatoms. The lowest BCUT2D eigenvalue weighted by Gasteiger charge is -2.71. The van der Waals surface area contributed by atoms with Crippen LogP contribution < -0.4 is 0 Å². The Labute approximate surface area is 211 Å². The smallest absolute Gasteiger partial charge is 0.339 e. The first-order valence-corrected chi connectivity index (χ1v) is 13.2. The minimum absolute atomic E-state index is 0.0932. The Balaban J connectivity index is 1.55. The molecule has 3 saturated carbocycles. The van der Waals surface area contributed by atoms with Crippen LogP contribution in [-0.4, -0.2) is 52.2 Å². The largest absolute Gasteiger partial charge is 0.472 e. The Morgan fingerprint density at radius 1 is 1.06 bits per heavy atom. The van der Waals surface area contributed by atoms with Crippen molar-refractivity contribution in [2.24, 2.45) is 33.5 Å². The number of esters is 2. The second-order valence-corrected chi connectivity index (χ2v) is 13.2. The molecule has 198 valence electrons. The Hall–Kier alpha value is -1.90. The number of epoxide rings is 1. The van der Waals surface area contributed by atoms with Crippen molar-refractivity contribution in [2.45, 2.75) is 103 Å². The number of ether oxygens (including phenoxy) is 3. The maximum atomic E-state index is 13.3. The van der Waals surface area contributed by atoms with Crippen LogP contribution in [0.25, 0.3) is 0 Å². The fraction of sp³-hybridized carbons (Fsp3) is 0.786. The molecule has 3 aliphatic carbocycles. The third kappa shape index (κ3) is 2.56. The molecule has 0 unspecified atom stereocenters. The van der Waals surface area contributed by atoms with Crippen LogP contribution in [0.5, 0.6) is 0 Å². The van der Waals surface area contributed by atoms with E-state index < -0.39 is 63.8 Å². The van der Waals surface area contributed by atoms with Gasteiger partial charge >= 0.3 is 11.9 Å². The maximum Gasteiger partial charge on any atom is 0.339 e. The van der Waals surface area contributed by atoms with Gasteiger partial charge in [0.1, 0.15) is 17.8 Å². The van der Waals surface area contributed by atoms with Crippen LogP contribution in [0, 0.1) is 33.5 Å². The molecule has 0 aromatic carbocycles. The van der Waals surface area contributed by atoms with Gasteiger partial charge in [-0.05, 0) is 42.6 Å². The molecule has 0 bridgehead atoms. The molecule has 6 rings (SSSR count). The first-order chi connectivity index (χ1) is 16.8. The third-order valence-electron chi connectivity index (χ3n) is 11.7. The van der Waals surface area contributed by atoms with Crippen LogP contribution in [0.15, 0.2) is 23.0 Å². The minimum Gasteiger partial charge on any atom is -0.472 e. The lowest BCUT2D eigenvalue weighted by atomic mass is 9.34. The number of cyclic esters (lactones) is 1. The monoisotopic (exact) mass is 502 g/mol. The molecule has 1 spiro atoms. The first kappa shape index (κ1) is 24.4. The summed E-state index contributed by atoms with van der Waals surface area (Å²) in [5.41, 5.74) is -2.53. The van der Waals surface area contributed by atoms with Gasteiger partial charge in [0.05, 0.1) is 24.7 Å². The second kappa shape index (κ2) is 7.14. The average Bonchev–Trinajstić information content (AvgIpc) is 3.36. The van der Waals surface area contributed by atoms with Crippen molar-refractivity contribution in [1.29, 1.82) is 0 Å². The maximum absolute atomic E-state index is 13.3. The van der Waals surface area contributed by atoms with Gasteiger partial charge < -0.3 is 28.8 Å². The van der Waals surface area contributed by atoms with Gasteiger partial charge in [-0.15, -0.1) is 0 Å². The second-order valence-electron chi connectivity index (χ2n) is 13.2. The molecule has 2 N–H and O–H groups in total. The van der Waals surface area contributed by atoms with Gasteiger partial charge in [-0.2, -0.15) is 0 Å². The summed E-state index contributed by atoms with van der Waals surface area (Å²) in [5.74, 6) is -0.994. The molecule has 3 heterocycles. The van der Waals surface area contributed by atoms with Crippen molar-refractivity contribution in [3.8, 4) is 0 Å². The minimum atomic E-state index is -0.922. The van der Waals surface area contributed by atoms with Gasteiger partial charge in [-0.25, -0.2) is 4.79 Å². The van der Waals surface area contributed by atoms with Crippen LogP contribution in [0.1, 0.15) is 78.9 Å². The van der Waals surface area contributed by atoms with Crippen molar-refractivity contribution in [2.75, 3.05) is 0 Å². The summed E-state index contributed by atoms with van der Waals surface area (Å²) in [5, 5.41) is 22.6. The predicted molar refractivity (Wildman–Crippen MR) is 126 cm³/mol. The van der Waals surface area contributed by atoms with E-state index in [1.807, 2.05) is 6.07 Å². The molecule has 0 amide bonds. The molecule has 11 atom stereocenters. The van der Waals surface area contributed by atoms with E-state index >= 15 is 0 Å². The highest BCUT2D eigenvalue weighted by Gasteiger charge is 2.89. The molecular formula is C28H38O8. The normalized spacial score (nSPS) is 52.7. The van der Waals surface area contributed by atoms with Crippen LogP contribution >= 0.6 is 0 Å². The molecule has 36 heavy (non-hydrogen) atoms. The zero-order valence-corrected chi connectivity index (χ0v) is 21.9. The number of rotatable bonds is 2. The Bertz CT molecular complexity index is 1100.